The van der Waals surface area contributed by atoms with Crippen LogP contribution in [0.15, 0.2) is 4.47 Å². The van der Waals surface area contributed by atoms with Crippen LogP contribution in [0.1, 0.15) is 10.4 Å². The standard InChI is InChI=1S/C6H6BrFS/c1-3-5(7)4(2)9-6(3)8/h1-2H3. The number of rotatable bonds is 0. The molecule has 0 aliphatic carbocycles. The number of thiophene rings is 1. The largest absolute Gasteiger partial charge is 0.195 e. The fraction of sp³-hybridized carbons (Fsp3) is 0.333. The summed E-state index contributed by atoms with van der Waals surface area (Å²) < 4.78 is 13.5. The number of halogens is 2. The van der Waals surface area contributed by atoms with Crippen LogP contribution in [-0.4, -0.2) is 0 Å². The summed E-state index contributed by atoms with van der Waals surface area (Å²) in [5.41, 5.74) is 0.720. The molecular weight excluding hydrogens is 203 g/mol. The van der Waals surface area contributed by atoms with Crippen molar-refractivity contribution in [3.05, 3.63) is 20.0 Å². The van der Waals surface area contributed by atoms with Crippen LogP contribution in [0, 0.1) is 19.0 Å². The summed E-state index contributed by atoms with van der Waals surface area (Å²) in [5.74, 6) is 0. The molecule has 0 saturated heterocycles. The van der Waals surface area contributed by atoms with E-state index in [1.807, 2.05) is 6.92 Å². The van der Waals surface area contributed by atoms with E-state index in [1.165, 1.54) is 11.3 Å². The van der Waals surface area contributed by atoms with Gasteiger partial charge in [0.1, 0.15) is 0 Å². The molecule has 0 N–H and O–H groups in total. The number of aryl methyl sites for hydroxylation is 1. The average molecular weight is 209 g/mol. The van der Waals surface area contributed by atoms with Crippen molar-refractivity contribution in [1.82, 2.24) is 0 Å². The lowest BCUT2D eigenvalue weighted by Gasteiger charge is -1.84. The van der Waals surface area contributed by atoms with E-state index < -0.39 is 0 Å². The summed E-state index contributed by atoms with van der Waals surface area (Å²) in [4.78, 5) is 1.00. The third-order valence-electron chi connectivity index (χ3n) is 1.18. The molecule has 1 aromatic heterocycles. The van der Waals surface area contributed by atoms with Gasteiger partial charge in [-0.2, -0.15) is 4.39 Å². The van der Waals surface area contributed by atoms with E-state index in [0.717, 1.165) is 14.9 Å². The van der Waals surface area contributed by atoms with Gasteiger partial charge in [-0.1, -0.05) is 0 Å². The van der Waals surface area contributed by atoms with Crippen molar-refractivity contribution in [2.75, 3.05) is 0 Å². The van der Waals surface area contributed by atoms with Crippen LogP contribution in [0.2, 0.25) is 0 Å². The normalized spacial score (nSPS) is 10.2. The van der Waals surface area contributed by atoms with Crippen molar-refractivity contribution >= 4 is 27.3 Å². The SMILES string of the molecule is Cc1sc(F)c(C)c1Br. The number of hydrogen-bond acceptors (Lipinski definition) is 1. The van der Waals surface area contributed by atoms with Crippen molar-refractivity contribution in [2.24, 2.45) is 0 Å². The minimum Gasteiger partial charge on any atom is -0.195 e. The predicted octanol–water partition coefficient (Wildman–Crippen LogP) is 3.27. The van der Waals surface area contributed by atoms with E-state index >= 15 is 0 Å². The fourth-order valence-corrected chi connectivity index (χ4v) is 1.92. The predicted molar refractivity (Wildman–Crippen MR) is 41.5 cm³/mol. The fourth-order valence-electron chi connectivity index (χ4n) is 0.606. The lowest BCUT2D eigenvalue weighted by atomic mass is 10.3. The Morgan fingerprint density at radius 1 is 1.44 bits per heavy atom. The Kier molecular flexibility index (Phi) is 1.91. The molecule has 3 heteroatoms. The topological polar surface area (TPSA) is 0 Å². The molecule has 1 aromatic rings. The molecule has 0 amide bonds. The van der Waals surface area contributed by atoms with Gasteiger partial charge in [0.25, 0.3) is 0 Å². The first-order chi connectivity index (χ1) is 4.13. The van der Waals surface area contributed by atoms with Crippen LogP contribution >= 0.6 is 27.3 Å². The lowest BCUT2D eigenvalue weighted by molar-refractivity contribution is 0.648. The quantitative estimate of drug-likeness (QED) is 0.615. The van der Waals surface area contributed by atoms with Gasteiger partial charge in [0.05, 0.1) is 0 Å². The smallest absolute Gasteiger partial charge is 0.180 e. The van der Waals surface area contributed by atoms with E-state index in [0.29, 0.717) is 0 Å². The second kappa shape index (κ2) is 2.39. The zero-order chi connectivity index (χ0) is 7.02. The molecule has 0 atom stereocenters. The summed E-state index contributed by atoms with van der Waals surface area (Å²) in [6.45, 7) is 3.66. The maximum atomic E-state index is 12.6. The molecule has 50 valence electrons. The van der Waals surface area contributed by atoms with Gasteiger partial charge in [0, 0.05) is 14.9 Å². The van der Waals surface area contributed by atoms with Crippen LogP contribution in [0.5, 0.6) is 0 Å². The highest BCUT2D eigenvalue weighted by molar-refractivity contribution is 9.10. The first-order valence-corrected chi connectivity index (χ1v) is 4.15. The molecule has 0 nitrogen and oxygen atoms in total. The second-order valence-corrected chi connectivity index (χ2v) is 3.84. The van der Waals surface area contributed by atoms with Gasteiger partial charge in [-0.3, -0.25) is 0 Å². The molecule has 0 fully saturated rings. The van der Waals surface area contributed by atoms with Crippen molar-refractivity contribution in [2.45, 2.75) is 13.8 Å². The summed E-state index contributed by atoms with van der Waals surface area (Å²) in [6.07, 6.45) is 0. The minimum absolute atomic E-state index is 0.0839. The molecular formula is C6H6BrFS. The van der Waals surface area contributed by atoms with Crippen LogP contribution in [0.3, 0.4) is 0 Å². The van der Waals surface area contributed by atoms with Crippen molar-refractivity contribution in [3.63, 3.8) is 0 Å². The van der Waals surface area contributed by atoms with Gasteiger partial charge in [-0.15, -0.1) is 11.3 Å². The molecule has 1 rings (SSSR count). The molecule has 0 bridgehead atoms. The summed E-state index contributed by atoms with van der Waals surface area (Å²) in [6, 6.07) is 0. The average Bonchev–Trinajstić information content (AvgIpc) is 1.98. The Morgan fingerprint density at radius 2 is 2.00 bits per heavy atom. The minimum atomic E-state index is -0.0839. The summed E-state index contributed by atoms with van der Waals surface area (Å²) in [7, 11) is 0. The van der Waals surface area contributed by atoms with Crippen molar-refractivity contribution in [3.8, 4) is 0 Å². The van der Waals surface area contributed by atoms with Crippen LogP contribution < -0.4 is 0 Å². The van der Waals surface area contributed by atoms with Crippen LogP contribution in [0.25, 0.3) is 0 Å². The summed E-state index contributed by atoms with van der Waals surface area (Å²) >= 11 is 4.45. The highest BCUT2D eigenvalue weighted by Gasteiger charge is 2.07. The molecule has 0 aliphatic heterocycles. The van der Waals surface area contributed by atoms with Crippen molar-refractivity contribution in [1.29, 1.82) is 0 Å². The molecule has 0 saturated carbocycles. The lowest BCUT2D eigenvalue weighted by Crippen LogP contribution is -1.68. The molecule has 0 spiro atoms. The molecule has 0 radical (unpaired) electrons. The maximum absolute atomic E-state index is 12.6. The Labute approximate surface area is 65.8 Å². The van der Waals surface area contributed by atoms with Crippen LogP contribution in [-0.2, 0) is 0 Å². The molecule has 1 heterocycles. The molecule has 0 unspecified atom stereocenters. The Bertz CT molecular complexity index is 207. The van der Waals surface area contributed by atoms with Gasteiger partial charge >= 0.3 is 0 Å². The van der Waals surface area contributed by atoms with Gasteiger partial charge in [-0.05, 0) is 29.8 Å². The van der Waals surface area contributed by atoms with Crippen molar-refractivity contribution < 1.29 is 4.39 Å². The Balaban J connectivity index is 3.29. The van der Waals surface area contributed by atoms with Gasteiger partial charge in [-0.25, -0.2) is 0 Å². The van der Waals surface area contributed by atoms with E-state index in [4.69, 9.17) is 0 Å². The maximum Gasteiger partial charge on any atom is 0.180 e. The van der Waals surface area contributed by atoms with E-state index in [1.54, 1.807) is 6.92 Å². The van der Waals surface area contributed by atoms with E-state index in [-0.39, 0.29) is 5.13 Å². The molecule has 9 heavy (non-hydrogen) atoms. The Morgan fingerprint density at radius 3 is 2.11 bits per heavy atom. The molecule has 0 aromatic carbocycles. The number of hydrogen-bond donors (Lipinski definition) is 0. The third-order valence-corrected chi connectivity index (χ3v) is 3.62. The van der Waals surface area contributed by atoms with Crippen LogP contribution in [0.4, 0.5) is 4.39 Å². The highest BCUT2D eigenvalue weighted by Crippen LogP contribution is 2.29. The first-order valence-electron chi connectivity index (χ1n) is 2.54. The second-order valence-electron chi connectivity index (χ2n) is 1.87. The first kappa shape index (κ1) is 7.22. The zero-order valence-corrected chi connectivity index (χ0v) is 7.57. The molecule has 0 aliphatic rings. The van der Waals surface area contributed by atoms with E-state index in [2.05, 4.69) is 15.9 Å². The van der Waals surface area contributed by atoms with Gasteiger partial charge < -0.3 is 0 Å². The van der Waals surface area contributed by atoms with Gasteiger partial charge in [0.15, 0.2) is 5.13 Å². The highest BCUT2D eigenvalue weighted by atomic mass is 79.9. The summed E-state index contributed by atoms with van der Waals surface area (Å²) in [5, 5.41) is -0.0839. The Hall–Kier alpha value is 0.110. The third kappa shape index (κ3) is 1.17. The zero-order valence-electron chi connectivity index (χ0n) is 5.16. The monoisotopic (exact) mass is 208 g/mol. The van der Waals surface area contributed by atoms with Gasteiger partial charge in [0.2, 0.25) is 0 Å². The van der Waals surface area contributed by atoms with E-state index in [9.17, 15) is 4.39 Å².